The minimum atomic E-state index is -3.08. The molecule has 4 fully saturated rings. The zero-order valence-corrected chi connectivity index (χ0v) is 32.3. The second kappa shape index (κ2) is 13.1. The summed E-state index contributed by atoms with van der Waals surface area (Å²) in [6, 6.07) is 0. The average molecular weight is 760 g/mol. The minimum Gasteiger partial charge on any atom is -0.511 e. The molecule has 0 radical (unpaired) electrons. The lowest BCUT2D eigenvalue weighted by molar-refractivity contribution is -0.308. The fourth-order valence-corrected chi connectivity index (χ4v) is 9.82. The summed E-state index contributed by atoms with van der Waals surface area (Å²) in [7, 11) is 0. The predicted octanol–water partition coefficient (Wildman–Crippen LogP) is 4.90. The van der Waals surface area contributed by atoms with E-state index in [4.69, 9.17) is 4.74 Å². The van der Waals surface area contributed by atoms with Crippen LogP contribution in [0.4, 0.5) is 0 Å². The van der Waals surface area contributed by atoms with E-state index in [2.05, 4.69) is 0 Å². The fraction of sp³-hybridized carbons (Fsp3) is 0.452. The lowest BCUT2D eigenvalue weighted by Gasteiger charge is -2.58. The van der Waals surface area contributed by atoms with Gasteiger partial charge in [-0.1, -0.05) is 48.6 Å². The molecule has 0 aromatic carbocycles. The van der Waals surface area contributed by atoms with Crippen molar-refractivity contribution in [3.63, 3.8) is 0 Å². The number of ketones is 4. The Balaban J connectivity index is 1.89. The van der Waals surface area contributed by atoms with Crippen LogP contribution in [0, 0.1) is 39.9 Å². The molecule has 0 amide bonds. The van der Waals surface area contributed by atoms with Gasteiger partial charge in [0.15, 0.2) is 28.7 Å². The van der Waals surface area contributed by atoms with Crippen LogP contribution >= 0.6 is 0 Å². The van der Waals surface area contributed by atoms with E-state index in [1.807, 2.05) is 0 Å². The molecule has 13 heteroatoms. The van der Waals surface area contributed by atoms with E-state index >= 15 is 4.79 Å². The summed E-state index contributed by atoms with van der Waals surface area (Å²) in [5, 5.41) is 92.6. The van der Waals surface area contributed by atoms with E-state index in [0.29, 0.717) is 0 Å². The topological polar surface area (TPSA) is 243 Å². The summed E-state index contributed by atoms with van der Waals surface area (Å²) in [4.78, 5) is 57.6. The van der Waals surface area contributed by atoms with E-state index < -0.39 is 120 Å². The first-order valence-corrected chi connectivity index (χ1v) is 18.0. The summed E-state index contributed by atoms with van der Waals surface area (Å²) in [6.45, 7) is 11.9. The monoisotopic (exact) mass is 759 g/mol. The van der Waals surface area contributed by atoms with Crippen molar-refractivity contribution in [1.82, 2.24) is 0 Å². The molecule has 0 aromatic heterocycles. The smallest absolute Gasteiger partial charge is 0.215 e. The van der Waals surface area contributed by atoms with Gasteiger partial charge in [0.1, 0.15) is 34.2 Å². The van der Waals surface area contributed by atoms with Gasteiger partial charge in [0.25, 0.3) is 0 Å². The zero-order valence-electron chi connectivity index (χ0n) is 32.3. The number of hydrogen-bond acceptors (Lipinski definition) is 13. The molecule has 1 saturated heterocycles. The molecule has 3 saturated carbocycles. The molecule has 0 spiro atoms. The lowest BCUT2D eigenvalue weighted by atomic mass is 9.42. The lowest BCUT2D eigenvalue weighted by Crippen LogP contribution is -2.73. The molecule has 1 heterocycles. The van der Waals surface area contributed by atoms with Gasteiger partial charge in [0, 0.05) is 40.4 Å². The predicted molar refractivity (Wildman–Crippen MR) is 201 cm³/mol. The minimum absolute atomic E-state index is 0.278. The summed E-state index contributed by atoms with van der Waals surface area (Å²) in [6.07, 6.45) is 14.5. The van der Waals surface area contributed by atoms with Crippen LogP contribution in [-0.2, 0) is 23.9 Å². The fourth-order valence-electron chi connectivity index (χ4n) is 9.82. The molecule has 10 atom stereocenters. The van der Waals surface area contributed by atoms with Crippen molar-refractivity contribution in [3.05, 3.63) is 106 Å². The molecule has 5 aliphatic carbocycles. The molecule has 13 nitrogen and oxygen atoms in total. The highest BCUT2D eigenvalue weighted by Crippen LogP contribution is 2.69. The molecular formula is C42H49NO12. The Kier molecular flexibility index (Phi) is 9.80. The maximum Gasteiger partial charge on any atom is 0.215 e. The Morgan fingerprint density at radius 2 is 1.33 bits per heavy atom. The summed E-state index contributed by atoms with van der Waals surface area (Å²) < 4.78 is 6.08. The molecule has 6 rings (SSSR count). The molecule has 294 valence electrons. The number of hydrogen-bond donors (Lipinski definition) is 8. The SMILES string of the molecule is CC=CC=CC(O)=C1C(=O)[C@@]2(C)C(=O)[C@](C)(O)[C@@H]1[C@@H](C(=O)C1=C(O)[C@]3(C)[C@@H]4/C(=C(/O)C=CC=CC)C(O)=C(C)C(=O)[C@]4(C)O[C@]3(O)[C@](C)(O)C1=N)[C@@H]2C=CC. The van der Waals surface area contributed by atoms with Crippen LogP contribution in [0.3, 0.4) is 0 Å². The van der Waals surface area contributed by atoms with Crippen LogP contribution in [0.2, 0.25) is 0 Å². The first kappa shape index (κ1) is 41.2. The van der Waals surface area contributed by atoms with Gasteiger partial charge in [-0.25, -0.2) is 0 Å². The van der Waals surface area contributed by atoms with Crippen molar-refractivity contribution in [2.75, 3.05) is 0 Å². The van der Waals surface area contributed by atoms with Gasteiger partial charge in [-0.15, -0.1) is 0 Å². The van der Waals surface area contributed by atoms with E-state index in [1.165, 1.54) is 57.2 Å². The standard InChI is InChI=1S/C42H49NO12/c1-10-13-15-18-22(44)25-28-24(21(17-12-3)37(5,34(25)49)36(51)39(28,7)52)30(47)27-32(43)41(9,53)42(54)38(6,35(27)50)31-26(23(45)19-16-14-11-2)29(46)20(4)33(48)40(31,8)55-42/h10-19,21,24,28,31,43-46,50,52-54H,1-9H3/b13-10?,14-11?,17-12?,18-15?,19-16?,25-22?,26-23+,43-32?/t21-,24-,28+,31-,37-,38-,39+,40+,41+,42-/m0/s1. The maximum absolute atomic E-state index is 15.4. The third-order valence-corrected chi connectivity index (χ3v) is 12.6. The molecular weight excluding hydrogens is 710 g/mol. The number of allylic oxidation sites excluding steroid dienone is 11. The molecule has 0 aromatic rings. The molecule has 6 aliphatic rings. The number of rotatable bonds is 7. The highest BCUT2D eigenvalue weighted by Gasteiger charge is 2.82. The Morgan fingerprint density at radius 1 is 0.800 bits per heavy atom. The molecule has 0 unspecified atom stereocenters. The molecule has 8 N–H and O–H groups in total. The van der Waals surface area contributed by atoms with Crippen LogP contribution in [-0.4, -0.2) is 87.2 Å². The van der Waals surface area contributed by atoms with Crippen LogP contribution in [0.15, 0.2) is 106 Å². The van der Waals surface area contributed by atoms with Gasteiger partial charge in [-0.3, -0.25) is 19.2 Å². The van der Waals surface area contributed by atoms with Crippen molar-refractivity contribution in [3.8, 4) is 0 Å². The number of carbonyl (C=O) groups excluding carboxylic acids is 4. The maximum atomic E-state index is 15.4. The molecule has 55 heavy (non-hydrogen) atoms. The van der Waals surface area contributed by atoms with Gasteiger partial charge >= 0.3 is 0 Å². The number of carbonyl (C=O) groups is 4. The Labute approximate surface area is 318 Å². The Hall–Kier alpha value is -4.95. The number of aliphatic hydroxyl groups is 7. The number of ether oxygens (including phenoxy) is 1. The van der Waals surface area contributed by atoms with E-state index in [-0.39, 0.29) is 11.1 Å². The summed E-state index contributed by atoms with van der Waals surface area (Å²) >= 11 is 0. The first-order valence-electron chi connectivity index (χ1n) is 18.0. The summed E-state index contributed by atoms with van der Waals surface area (Å²) in [5.74, 6) is -16.4. The second-order valence-electron chi connectivity index (χ2n) is 15.8. The largest absolute Gasteiger partial charge is 0.511 e. The third kappa shape index (κ3) is 4.95. The van der Waals surface area contributed by atoms with Crippen LogP contribution < -0.4 is 0 Å². The third-order valence-electron chi connectivity index (χ3n) is 12.6. The van der Waals surface area contributed by atoms with E-state index in [9.17, 15) is 55.5 Å². The number of Topliss-reactive ketones (excluding diaryl/α,β-unsaturated/α-hetero) is 4. The van der Waals surface area contributed by atoms with E-state index in [0.717, 1.165) is 20.8 Å². The average Bonchev–Trinajstić information content (AvgIpc) is 3.32. The summed E-state index contributed by atoms with van der Waals surface area (Å²) in [5.41, 5.74) is -15.3. The van der Waals surface area contributed by atoms with Gasteiger partial charge in [-0.05, 0) is 74.5 Å². The van der Waals surface area contributed by atoms with Crippen molar-refractivity contribution >= 4 is 28.8 Å². The van der Waals surface area contributed by atoms with Gasteiger partial charge in [0.2, 0.25) is 5.79 Å². The quantitative estimate of drug-likeness (QED) is 0.0568. The highest BCUT2D eigenvalue weighted by molar-refractivity contribution is 6.29. The first-order chi connectivity index (χ1) is 25.4. The van der Waals surface area contributed by atoms with Crippen LogP contribution in [0.1, 0.15) is 62.3 Å². The number of aliphatic hydroxyl groups excluding tert-OH is 4. The van der Waals surface area contributed by atoms with Crippen LogP contribution in [0.25, 0.3) is 0 Å². The van der Waals surface area contributed by atoms with Crippen molar-refractivity contribution in [1.29, 1.82) is 5.41 Å². The Bertz CT molecular complexity index is 2100. The van der Waals surface area contributed by atoms with Crippen molar-refractivity contribution in [2.24, 2.45) is 34.5 Å². The zero-order chi connectivity index (χ0) is 41.6. The van der Waals surface area contributed by atoms with Gasteiger partial charge < -0.3 is 45.9 Å². The second-order valence-corrected chi connectivity index (χ2v) is 15.8. The normalized spacial score (nSPS) is 42.6. The Morgan fingerprint density at radius 3 is 1.84 bits per heavy atom. The molecule has 2 bridgehead atoms. The number of fused-ring (bicyclic) bond motifs is 6. The number of nitrogens with one attached hydrogen (secondary N) is 1. The van der Waals surface area contributed by atoms with Crippen molar-refractivity contribution < 1.29 is 59.7 Å². The highest BCUT2D eigenvalue weighted by atomic mass is 16.7. The van der Waals surface area contributed by atoms with Gasteiger partial charge in [0.05, 0.1) is 22.1 Å². The van der Waals surface area contributed by atoms with Crippen LogP contribution in [0.5, 0.6) is 0 Å². The van der Waals surface area contributed by atoms with Crippen molar-refractivity contribution in [2.45, 2.75) is 84.9 Å². The van der Waals surface area contributed by atoms with Gasteiger partial charge in [-0.2, -0.15) is 0 Å². The van der Waals surface area contributed by atoms with E-state index in [1.54, 1.807) is 45.1 Å². The molecule has 1 aliphatic heterocycles.